The molecular formula is C10H18N4O3S2. The Morgan fingerprint density at radius 3 is 2.32 bits per heavy atom. The van der Waals surface area contributed by atoms with Crippen LogP contribution in [0.3, 0.4) is 0 Å². The van der Waals surface area contributed by atoms with Gasteiger partial charge in [0.25, 0.3) is 0 Å². The minimum Gasteiger partial charge on any atom is -0.330 e. The van der Waals surface area contributed by atoms with Gasteiger partial charge in [-0.05, 0) is 5.92 Å². The molecule has 0 aliphatic carbocycles. The van der Waals surface area contributed by atoms with E-state index < -0.39 is 9.84 Å². The SMILES string of the molecule is CC(C)CS(=O)(=O)c1nnc(N(C)C(=O)N(C)C)s1. The van der Waals surface area contributed by atoms with Gasteiger partial charge >= 0.3 is 6.03 Å². The van der Waals surface area contributed by atoms with Gasteiger partial charge in [-0.25, -0.2) is 13.2 Å². The first-order valence-corrected chi connectivity index (χ1v) is 8.13. The molecule has 1 heterocycles. The maximum Gasteiger partial charge on any atom is 0.325 e. The molecule has 0 radical (unpaired) electrons. The molecule has 0 spiro atoms. The highest BCUT2D eigenvalue weighted by atomic mass is 32.2. The topological polar surface area (TPSA) is 83.5 Å². The van der Waals surface area contributed by atoms with Crippen LogP contribution in [0.4, 0.5) is 9.93 Å². The summed E-state index contributed by atoms with van der Waals surface area (Å²) in [5, 5.41) is 7.70. The summed E-state index contributed by atoms with van der Waals surface area (Å²) in [4.78, 5) is 14.4. The van der Waals surface area contributed by atoms with Gasteiger partial charge in [0.2, 0.25) is 19.3 Å². The summed E-state index contributed by atoms with van der Waals surface area (Å²) in [6.07, 6.45) is 0. The smallest absolute Gasteiger partial charge is 0.325 e. The predicted octanol–water partition coefficient (Wildman–Crippen LogP) is 1.09. The molecule has 1 aromatic rings. The molecule has 108 valence electrons. The Morgan fingerprint density at radius 2 is 1.84 bits per heavy atom. The van der Waals surface area contributed by atoms with Gasteiger partial charge in [0.05, 0.1) is 5.75 Å². The third kappa shape index (κ3) is 3.87. The number of amides is 2. The van der Waals surface area contributed by atoms with Crippen molar-refractivity contribution >= 4 is 32.3 Å². The second-order valence-electron chi connectivity index (χ2n) is 4.76. The van der Waals surface area contributed by atoms with E-state index in [1.165, 1.54) is 16.8 Å². The van der Waals surface area contributed by atoms with E-state index in [2.05, 4.69) is 10.2 Å². The number of hydrogen-bond donors (Lipinski definition) is 0. The lowest BCUT2D eigenvalue weighted by Crippen LogP contribution is -2.36. The normalized spacial score (nSPS) is 11.7. The fourth-order valence-corrected chi connectivity index (χ4v) is 4.01. The van der Waals surface area contributed by atoms with E-state index in [0.29, 0.717) is 0 Å². The van der Waals surface area contributed by atoms with Crippen molar-refractivity contribution in [2.24, 2.45) is 5.92 Å². The number of hydrogen-bond acceptors (Lipinski definition) is 6. The first-order valence-electron chi connectivity index (χ1n) is 5.66. The Kier molecular flexibility index (Phi) is 4.86. The van der Waals surface area contributed by atoms with Gasteiger partial charge in [-0.15, -0.1) is 10.2 Å². The minimum atomic E-state index is -3.42. The average Bonchev–Trinajstić information content (AvgIpc) is 2.74. The Morgan fingerprint density at radius 1 is 1.26 bits per heavy atom. The number of rotatable bonds is 4. The summed E-state index contributed by atoms with van der Waals surface area (Å²) in [5.41, 5.74) is 0. The van der Waals surface area contributed by atoms with Crippen LogP contribution >= 0.6 is 11.3 Å². The summed E-state index contributed by atoms with van der Waals surface area (Å²) in [6.45, 7) is 3.64. The summed E-state index contributed by atoms with van der Waals surface area (Å²) < 4.78 is 23.9. The molecule has 0 aliphatic heterocycles. The first kappa shape index (κ1) is 15.8. The molecule has 0 bridgehead atoms. The van der Waals surface area contributed by atoms with Gasteiger partial charge < -0.3 is 4.90 Å². The summed E-state index contributed by atoms with van der Waals surface area (Å²) in [7, 11) is 1.32. The van der Waals surface area contributed by atoms with Gasteiger partial charge in [0.1, 0.15) is 0 Å². The minimum absolute atomic E-state index is 0.0125. The van der Waals surface area contributed by atoms with E-state index in [0.717, 1.165) is 11.3 Å². The van der Waals surface area contributed by atoms with E-state index in [-0.39, 0.29) is 27.2 Å². The largest absolute Gasteiger partial charge is 0.330 e. The fraction of sp³-hybridized carbons (Fsp3) is 0.700. The number of carbonyl (C=O) groups is 1. The Labute approximate surface area is 117 Å². The number of anilines is 1. The number of aromatic nitrogens is 2. The van der Waals surface area contributed by atoms with Crippen LogP contribution in [0.1, 0.15) is 13.8 Å². The highest BCUT2D eigenvalue weighted by Gasteiger charge is 2.24. The number of carbonyl (C=O) groups excluding carboxylic acids is 1. The molecule has 0 unspecified atom stereocenters. The van der Waals surface area contributed by atoms with E-state index in [4.69, 9.17) is 0 Å². The Balaban J connectivity index is 2.98. The molecule has 7 nitrogen and oxygen atoms in total. The second kappa shape index (κ2) is 5.83. The maximum absolute atomic E-state index is 12.0. The molecule has 0 aliphatic rings. The van der Waals surface area contributed by atoms with Crippen molar-refractivity contribution in [3.63, 3.8) is 0 Å². The molecule has 2 amide bonds. The highest BCUT2D eigenvalue weighted by Crippen LogP contribution is 2.25. The number of sulfone groups is 1. The van der Waals surface area contributed by atoms with Crippen LogP contribution in [-0.2, 0) is 9.84 Å². The lowest BCUT2D eigenvalue weighted by Gasteiger charge is -2.18. The van der Waals surface area contributed by atoms with E-state index in [1.54, 1.807) is 14.1 Å². The monoisotopic (exact) mass is 306 g/mol. The summed E-state index contributed by atoms with van der Waals surface area (Å²) in [5.74, 6) is 0.0333. The molecular weight excluding hydrogens is 288 g/mol. The van der Waals surface area contributed by atoms with Crippen LogP contribution in [0, 0.1) is 5.92 Å². The third-order valence-corrected chi connectivity index (χ3v) is 5.70. The summed E-state index contributed by atoms with van der Waals surface area (Å²) >= 11 is 0.904. The van der Waals surface area contributed by atoms with Crippen LogP contribution < -0.4 is 4.90 Å². The van der Waals surface area contributed by atoms with Crippen molar-refractivity contribution in [2.45, 2.75) is 18.2 Å². The second-order valence-corrected chi connectivity index (χ2v) is 7.93. The van der Waals surface area contributed by atoms with Crippen molar-refractivity contribution < 1.29 is 13.2 Å². The van der Waals surface area contributed by atoms with Gasteiger partial charge in [-0.3, -0.25) is 4.90 Å². The van der Waals surface area contributed by atoms with Gasteiger partial charge in [-0.2, -0.15) is 0 Å². The molecule has 0 saturated carbocycles. The van der Waals surface area contributed by atoms with Crippen LogP contribution in [-0.4, -0.2) is 56.4 Å². The first-order chi connectivity index (χ1) is 8.65. The summed E-state index contributed by atoms with van der Waals surface area (Å²) in [6, 6.07) is -0.288. The number of urea groups is 1. The van der Waals surface area contributed by atoms with E-state index in [9.17, 15) is 13.2 Å². The molecule has 9 heteroatoms. The van der Waals surface area contributed by atoms with Gasteiger partial charge in [-0.1, -0.05) is 25.2 Å². The molecule has 19 heavy (non-hydrogen) atoms. The van der Waals surface area contributed by atoms with Crippen molar-refractivity contribution in [1.82, 2.24) is 15.1 Å². The van der Waals surface area contributed by atoms with E-state index >= 15 is 0 Å². The van der Waals surface area contributed by atoms with E-state index in [1.807, 2.05) is 13.8 Å². The third-order valence-electron chi connectivity index (χ3n) is 2.17. The Bertz CT molecular complexity index is 551. The van der Waals surface area contributed by atoms with Crippen LogP contribution in [0.2, 0.25) is 0 Å². The lowest BCUT2D eigenvalue weighted by atomic mass is 10.3. The van der Waals surface area contributed by atoms with Gasteiger partial charge in [0.15, 0.2) is 0 Å². The van der Waals surface area contributed by atoms with Crippen LogP contribution in [0.25, 0.3) is 0 Å². The van der Waals surface area contributed by atoms with Crippen LogP contribution in [0.5, 0.6) is 0 Å². The van der Waals surface area contributed by atoms with Crippen LogP contribution in [0.15, 0.2) is 4.34 Å². The Hall–Kier alpha value is -1.22. The zero-order chi connectivity index (χ0) is 14.8. The molecule has 0 fully saturated rings. The number of nitrogens with zero attached hydrogens (tertiary/aromatic N) is 4. The molecule has 0 N–H and O–H groups in total. The molecule has 0 aromatic carbocycles. The molecule has 1 rings (SSSR count). The molecule has 1 aromatic heterocycles. The van der Waals surface area contributed by atoms with Crippen molar-refractivity contribution in [1.29, 1.82) is 0 Å². The van der Waals surface area contributed by atoms with Gasteiger partial charge in [0, 0.05) is 21.1 Å². The maximum atomic E-state index is 12.0. The zero-order valence-electron chi connectivity index (χ0n) is 11.6. The van der Waals surface area contributed by atoms with Crippen molar-refractivity contribution in [3.8, 4) is 0 Å². The average molecular weight is 306 g/mol. The lowest BCUT2D eigenvalue weighted by molar-refractivity contribution is 0.225. The molecule has 0 atom stereocenters. The highest BCUT2D eigenvalue weighted by molar-refractivity contribution is 7.93. The zero-order valence-corrected chi connectivity index (χ0v) is 13.2. The molecule has 0 saturated heterocycles. The van der Waals surface area contributed by atoms with Crippen molar-refractivity contribution in [3.05, 3.63) is 0 Å². The quantitative estimate of drug-likeness (QED) is 0.777. The standard InChI is InChI=1S/C10H18N4O3S2/c1-7(2)6-19(16,17)9-12-11-8(18-9)14(5)10(15)13(3)4/h7H,6H2,1-5H3. The fourth-order valence-electron chi connectivity index (χ4n) is 1.36. The van der Waals surface area contributed by atoms with Crippen molar-refractivity contribution in [2.75, 3.05) is 31.8 Å². The predicted molar refractivity (Wildman–Crippen MR) is 74.3 cm³/mol.